The van der Waals surface area contributed by atoms with E-state index in [0.717, 1.165) is 38.5 Å². The van der Waals surface area contributed by atoms with Gasteiger partial charge in [-0.25, -0.2) is 0 Å². The number of allylic oxidation sites excluding steroid dienone is 1. The maximum Gasteiger partial charge on any atom is 0.314 e. The van der Waals surface area contributed by atoms with Crippen LogP contribution in [0, 0.1) is 5.41 Å². The van der Waals surface area contributed by atoms with Crippen molar-refractivity contribution >= 4 is 11.9 Å². The molecule has 164 valence electrons. The summed E-state index contributed by atoms with van der Waals surface area (Å²) in [6, 6.07) is 0. The Kier molecular flexibility index (Phi) is 16.9. The van der Waals surface area contributed by atoms with Crippen LogP contribution in [0.4, 0.5) is 0 Å². The van der Waals surface area contributed by atoms with E-state index in [4.69, 9.17) is 0 Å². The molecule has 0 aromatic rings. The molecule has 4 heteroatoms. The Morgan fingerprint density at radius 2 is 1.18 bits per heavy atom. The van der Waals surface area contributed by atoms with Crippen LogP contribution in [0.1, 0.15) is 123 Å². The molecule has 0 radical (unpaired) electrons. The summed E-state index contributed by atoms with van der Waals surface area (Å²) in [7, 11) is 0. The van der Waals surface area contributed by atoms with E-state index in [9.17, 15) is 19.8 Å². The second kappa shape index (κ2) is 17.8. The Morgan fingerprint density at radius 1 is 0.714 bits per heavy atom. The topological polar surface area (TPSA) is 74.6 Å². The van der Waals surface area contributed by atoms with Gasteiger partial charge in [0.2, 0.25) is 0 Å². The monoisotopic (exact) mass is 396 g/mol. The largest absolute Gasteiger partial charge is 0.481 e. The summed E-state index contributed by atoms with van der Waals surface area (Å²) in [6.07, 6.45) is 20.8. The second-order valence-corrected chi connectivity index (χ2v) is 8.22. The van der Waals surface area contributed by atoms with Gasteiger partial charge in [-0.15, -0.1) is 0 Å². The highest BCUT2D eigenvalue weighted by Gasteiger charge is 2.37. The van der Waals surface area contributed by atoms with Gasteiger partial charge in [-0.1, -0.05) is 109 Å². The maximum atomic E-state index is 11.9. The molecular formula is C24H44O4. The SMILES string of the molecule is CCCCCCCCC=CC(CCCCCCCCCC)(CC(=O)O)C(=O)O. The van der Waals surface area contributed by atoms with Gasteiger partial charge in [0.05, 0.1) is 11.8 Å². The number of hydrogen-bond donors (Lipinski definition) is 2. The number of carbonyl (C=O) groups is 2. The number of hydrogen-bond acceptors (Lipinski definition) is 2. The molecule has 0 aromatic carbocycles. The fourth-order valence-corrected chi connectivity index (χ4v) is 3.68. The number of aliphatic carboxylic acids is 2. The lowest BCUT2D eigenvalue weighted by molar-refractivity contribution is -0.153. The predicted octanol–water partition coefficient (Wildman–Crippen LogP) is 7.37. The Labute approximate surface area is 172 Å². The zero-order valence-corrected chi connectivity index (χ0v) is 18.4. The Balaban J connectivity index is 4.41. The maximum absolute atomic E-state index is 11.9. The van der Waals surface area contributed by atoms with Gasteiger partial charge in [0.1, 0.15) is 0 Å². The summed E-state index contributed by atoms with van der Waals surface area (Å²) in [5.41, 5.74) is -1.25. The first-order valence-corrected chi connectivity index (χ1v) is 11.6. The zero-order chi connectivity index (χ0) is 21.1. The lowest BCUT2D eigenvalue weighted by Gasteiger charge is -2.24. The van der Waals surface area contributed by atoms with Gasteiger partial charge < -0.3 is 10.2 Å². The number of carboxylic acid groups (broad SMARTS) is 2. The van der Waals surface area contributed by atoms with Gasteiger partial charge >= 0.3 is 11.9 Å². The van der Waals surface area contributed by atoms with Crippen LogP contribution in [-0.4, -0.2) is 22.2 Å². The fraction of sp³-hybridized carbons (Fsp3) is 0.833. The number of unbranched alkanes of at least 4 members (excludes halogenated alkanes) is 13. The molecule has 28 heavy (non-hydrogen) atoms. The lowest BCUT2D eigenvalue weighted by atomic mass is 9.78. The van der Waals surface area contributed by atoms with Crippen LogP contribution >= 0.6 is 0 Å². The fourth-order valence-electron chi connectivity index (χ4n) is 3.68. The van der Waals surface area contributed by atoms with Crippen molar-refractivity contribution in [3.05, 3.63) is 12.2 Å². The van der Waals surface area contributed by atoms with Gasteiger partial charge in [-0.05, 0) is 19.3 Å². The third-order valence-corrected chi connectivity index (χ3v) is 5.53. The second-order valence-electron chi connectivity index (χ2n) is 8.22. The first-order valence-electron chi connectivity index (χ1n) is 11.6. The smallest absolute Gasteiger partial charge is 0.314 e. The molecule has 0 aliphatic rings. The molecule has 0 amide bonds. The molecule has 0 spiro atoms. The lowest BCUT2D eigenvalue weighted by Crippen LogP contribution is -2.31. The zero-order valence-electron chi connectivity index (χ0n) is 18.4. The molecular weight excluding hydrogens is 352 g/mol. The molecule has 0 heterocycles. The van der Waals surface area contributed by atoms with E-state index in [2.05, 4.69) is 13.8 Å². The molecule has 0 fully saturated rings. The van der Waals surface area contributed by atoms with E-state index in [1.54, 1.807) is 6.08 Å². The highest BCUT2D eigenvalue weighted by molar-refractivity contribution is 5.83. The molecule has 0 saturated heterocycles. The molecule has 4 nitrogen and oxygen atoms in total. The van der Waals surface area contributed by atoms with Crippen molar-refractivity contribution in [2.75, 3.05) is 0 Å². The molecule has 0 aromatic heterocycles. The summed E-state index contributed by atoms with van der Waals surface area (Å²) in [6.45, 7) is 4.40. The van der Waals surface area contributed by atoms with Crippen LogP contribution < -0.4 is 0 Å². The summed E-state index contributed by atoms with van der Waals surface area (Å²) in [5, 5.41) is 19.0. The van der Waals surface area contributed by atoms with Crippen molar-refractivity contribution in [3.8, 4) is 0 Å². The van der Waals surface area contributed by atoms with Crippen LogP contribution in [-0.2, 0) is 9.59 Å². The molecule has 1 atom stereocenters. The molecule has 0 bridgehead atoms. The van der Waals surface area contributed by atoms with Crippen LogP contribution in [0.15, 0.2) is 12.2 Å². The van der Waals surface area contributed by atoms with Gasteiger partial charge in [-0.3, -0.25) is 9.59 Å². The third kappa shape index (κ3) is 13.8. The minimum absolute atomic E-state index is 0.328. The van der Waals surface area contributed by atoms with E-state index in [-0.39, 0.29) is 6.42 Å². The van der Waals surface area contributed by atoms with E-state index in [0.29, 0.717) is 6.42 Å². The van der Waals surface area contributed by atoms with E-state index < -0.39 is 17.4 Å². The van der Waals surface area contributed by atoms with E-state index in [1.807, 2.05) is 6.08 Å². The molecule has 0 aliphatic carbocycles. The number of carboxylic acids is 2. The predicted molar refractivity (Wildman–Crippen MR) is 117 cm³/mol. The summed E-state index contributed by atoms with van der Waals surface area (Å²) in [4.78, 5) is 23.2. The van der Waals surface area contributed by atoms with Crippen LogP contribution in [0.2, 0.25) is 0 Å². The van der Waals surface area contributed by atoms with Crippen molar-refractivity contribution < 1.29 is 19.8 Å². The quantitative estimate of drug-likeness (QED) is 0.166. The first kappa shape index (κ1) is 26.7. The highest BCUT2D eigenvalue weighted by atomic mass is 16.4. The average molecular weight is 397 g/mol. The first-order chi connectivity index (χ1) is 13.5. The number of rotatable bonds is 20. The van der Waals surface area contributed by atoms with Crippen molar-refractivity contribution in [3.63, 3.8) is 0 Å². The van der Waals surface area contributed by atoms with Crippen molar-refractivity contribution in [1.29, 1.82) is 0 Å². The summed E-state index contributed by atoms with van der Waals surface area (Å²) >= 11 is 0. The molecule has 0 rings (SSSR count). The highest BCUT2D eigenvalue weighted by Crippen LogP contribution is 2.32. The standard InChI is InChI=1S/C24H44O4/c1-3-5-7-9-11-13-15-17-19-24(23(27)28,21-22(25)26)20-18-16-14-12-10-8-6-4-2/h17,19H,3-16,18,20-21H2,1-2H3,(H,25,26)(H,27,28). The third-order valence-electron chi connectivity index (χ3n) is 5.53. The summed E-state index contributed by atoms with van der Waals surface area (Å²) in [5.74, 6) is -2.04. The van der Waals surface area contributed by atoms with Gasteiger partial charge in [0.15, 0.2) is 0 Å². The van der Waals surface area contributed by atoms with Crippen LogP contribution in [0.3, 0.4) is 0 Å². The Morgan fingerprint density at radius 3 is 1.64 bits per heavy atom. The Hall–Kier alpha value is -1.32. The normalized spacial score (nSPS) is 13.6. The minimum atomic E-state index is -1.25. The molecule has 0 saturated carbocycles. The van der Waals surface area contributed by atoms with Crippen LogP contribution in [0.5, 0.6) is 0 Å². The van der Waals surface area contributed by atoms with Crippen LogP contribution in [0.25, 0.3) is 0 Å². The van der Waals surface area contributed by atoms with Crippen molar-refractivity contribution in [2.24, 2.45) is 5.41 Å². The summed E-state index contributed by atoms with van der Waals surface area (Å²) < 4.78 is 0. The van der Waals surface area contributed by atoms with E-state index in [1.165, 1.54) is 57.8 Å². The van der Waals surface area contributed by atoms with Gasteiger partial charge in [-0.2, -0.15) is 0 Å². The van der Waals surface area contributed by atoms with Crippen molar-refractivity contribution in [1.82, 2.24) is 0 Å². The average Bonchev–Trinajstić information content (AvgIpc) is 2.65. The molecule has 2 N–H and O–H groups in total. The van der Waals surface area contributed by atoms with Gasteiger partial charge in [0.25, 0.3) is 0 Å². The van der Waals surface area contributed by atoms with E-state index >= 15 is 0 Å². The van der Waals surface area contributed by atoms with Crippen molar-refractivity contribution in [2.45, 2.75) is 123 Å². The molecule has 0 aliphatic heterocycles. The Bertz CT molecular complexity index is 430. The van der Waals surface area contributed by atoms with Gasteiger partial charge in [0, 0.05) is 0 Å². The minimum Gasteiger partial charge on any atom is -0.481 e. The molecule has 1 unspecified atom stereocenters.